The van der Waals surface area contributed by atoms with Crippen LogP contribution in [0.5, 0.6) is 0 Å². The van der Waals surface area contributed by atoms with E-state index in [1.165, 1.54) is 24.5 Å². The fraction of sp³-hybridized carbons (Fsp3) is 0.0909. The van der Waals surface area contributed by atoms with E-state index < -0.39 is 5.51 Å². The second-order valence-corrected chi connectivity index (χ2v) is 4.22. The first-order chi connectivity index (χ1) is 8.06. The summed E-state index contributed by atoms with van der Waals surface area (Å²) in [5.74, 6) is 0. The molecule has 0 aliphatic carbocycles. The zero-order valence-electron chi connectivity index (χ0n) is 8.78. The Labute approximate surface area is 117 Å². The van der Waals surface area contributed by atoms with E-state index >= 15 is 0 Å². The van der Waals surface area contributed by atoms with Gasteiger partial charge >= 0.3 is 22.6 Å². The Kier molecular flexibility index (Phi) is 5.19. The van der Waals surface area contributed by atoms with E-state index in [1.807, 2.05) is 0 Å². The van der Waals surface area contributed by atoms with Crippen LogP contribution in [0.1, 0.15) is 0 Å². The van der Waals surface area contributed by atoms with Crippen LogP contribution in [-0.4, -0.2) is 15.5 Å². The Morgan fingerprint density at radius 2 is 1.67 bits per heavy atom. The molecule has 2 heterocycles. The van der Waals surface area contributed by atoms with Crippen LogP contribution in [0.2, 0.25) is 0 Å². The van der Waals surface area contributed by atoms with Crippen LogP contribution in [0.25, 0.3) is 11.4 Å². The van der Waals surface area contributed by atoms with Gasteiger partial charge < -0.3 is 0 Å². The van der Waals surface area contributed by atoms with Gasteiger partial charge in [0.25, 0.3) is 0 Å². The summed E-state index contributed by atoms with van der Waals surface area (Å²) in [4.78, 5) is 8.00. The molecule has 0 saturated heterocycles. The molecule has 0 bridgehead atoms. The van der Waals surface area contributed by atoms with Crippen molar-refractivity contribution in [3.63, 3.8) is 0 Å². The molecule has 0 aliphatic rings. The molecule has 7 heteroatoms. The second-order valence-electron chi connectivity index (χ2n) is 3.11. The van der Waals surface area contributed by atoms with E-state index in [9.17, 15) is 13.2 Å². The van der Waals surface area contributed by atoms with E-state index in [2.05, 4.69) is 9.97 Å². The molecule has 0 fully saturated rings. The third-order valence-electron chi connectivity index (χ3n) is 1.90. The molecular formula is C11H7CuF3N2S+. The number of rotatable bonds is 2. The Bertz CT molecular complexity index is 505. The van der Waals surface area contributed by atoms with Crippen LogP contribution in [0, 0.1) is 0 Å². The minimum atomic E-state index is -4.33. The standard InChI is InChI=1S/C11H7F3N2S.Cu/c12-11(13,14)17-9-5-3-7-16-10(9)8-4-1-2-6-15-8;/h1-7H;/q;+1. The first-order valence-electron chi connectivity index (χ1n) is 4.68. The van der Waals surface area contributed by atoms with E-state index in [1.54, 1.807) is 18.2 Å². The van der Waals surface area contributed by atoms with Gasteiger partial charge in [-0.25, -0.2) is 0 Å². The summed E-state index contributed by atoms with van der Waals surface area (Å²) in [6.07, 6.45) is 2.97. The van der Waals surface area contributed by atoms with Crippen molar-refractivity contribution in [1.82, 2.24) is 9.97 Å². The van der Waals surface area contributed by atoms with Gasteiger partial charge in [-0.15, -0.1) is 0 Å². The minimum absolute atomic E-state index is 0. The molecule has 0 spiro atoms. The Hall–Kier alpha value is -1.04. The topological polar surface area (TPSA) is 25.8 Å². The van der Waals surface area contributed by atoms with Crippen LogP contribution in [0.4, 0.5) is 13.2 Å². The number of halogens is 3. The number of thioether (sulfide) groups is 1. The molecule has 0 unspecified atom stereocenters. The fourth-order valence-corrected chi connectivity index (χ4v) is 1.94. The van der Waals surface area contributed by atoms with Crippen molar-refractivity contribution in [3.05, 3.63) is 42.7 Å². The maximum Gasteiger partial charge on any atom is 1.00 e. The third-order valence-corrected chi connectivity index (χ3v) is 2.68. The average molecular weight is 320 g/mol. The first-order valence-corrected chi connectivity index (χ1v) is 5.50. The van der Waals surface area contributed by atoms with E-state index in [0.717, 1.165) is 0 Å². The van der Waals surface area contributed by atoms with E-state index in [0.29, 0.717) is 5.69 Å². The number of pyridine rings is 2. The van der Waals surface area contributed by atoms with Gasteiger partial charge in [0.15, 0.2) is 0 Å². The van der Waals surface area contributed by atoms with Crippen molar-refractivity contribution >= 4 is 11.8 Å². The Morgan fingerprint density at radius 3 is 2.28 bits per heavy atom. The molecule has 0 amide bonds. The minimum Gasteiger partial charge on any atom is -0.255 e. The zero-order valence-corrected chi connectivity index (χ0v) is 10.5. The smallest absolute Gasteiger partial charge is 0.255 e. The molecule has 0 aliphatic heterocycles. The molecule has 18 heavy (non-hydrogen) atoms. The molecule has 0 saturated carbocycles. The maximum atomic E-state index is 12.4. The van der Waals surface area contributed by atoms with Gasteiger partial charge in [-0.05, 0) is 36.0 Å². The van der Waals surface area contributed by atoms with Crippen LogP contribution in [0.3, 0.4) is 0 Å². The molecule has 0 N–H and O–H groups in total. The summed E-state index contributed by atoms with van der Waals surface area (Å²) >= 11 is -0.180. The predicted molar refractivity (Wildman–Crippen MR) is 59.4 cm³/mol. The monoisotopic (exact) mass is 319 g/mol. The third kappa shape index (κ3) is 4.01. The molecule has 2 nitrogen and oxygen atoms in total. The summed E-state index contributed by atoms with van der Waals surface area (Å²) in [5, 5.41) is 0. The fourth-order valence-electron chi connectivity index (χ4n) is 1.29. The molecular weight excluding hydrogens is 313 g/mol. The van der Waals surface area contributed by atoms with Gasteiger partial charge in [0.05, 0.1) is 5.69 Å². The van der Waals surface area contributed by atoms with Gasteiger partial charge in [0.1, 0.15) is 5.69 Å². The second kappa shape index (κ2) is 6.22. The van der Waals surface area contributed by atoms with Crippen molar-refractivity contribution in [2.45, 2.75) is 10.4 Å². The number of alkyl halides is 3. The molecule has 0 aromatic carbocycles. The summed E-state index contributed by atoms with van der Waals surface area (Å²) in [7, 11) is 0. The van der Waals surface area contributed by atoms with Crippen molar-refractivity contribution in [2.24, 2.45) is 0 Å². The van der Waals surface area contributed by atoms with Crippen molar-refractivity contribution in [1.29, 1.82) is 0 Å². The average Bonchev–Trinajstić information content (AvgIpc) is 2.29. The summed E-state index contributed by atoms with van der Waals surface area (Å²) in [5.41, 5.74) is -3.65. The van der Waals surface area contributed by atoms with Crippen molar-refractivity contribution in [3.8, 4) is 11.4 Å². The summed E-state index contributed by atoms with van der Waals surface area (Å²) < 4.78 is 37.1. The molecule has 2 rings (SSSR count). The van der Waals surface area contributed by atoms with Crippen LogP contribution in [0.15, 0.2) is 47.6 Å². The normalized spacial score (nSPS) is 10.8. The zero-order chi connectivity index (χ0) is 12.3. The number of nitrogens with zero attached hydrogens (tertiary/aromatic N) is 2. The van der Waals surface area contributed by atoms with Gasteiger partial charge in [-0.2, -0.15) is 13.2 Å². The molecule has 0 atom stereocenters. The van der Waals surface area contributed by atoms with Gasteiger partial charge in [-0.1, -0.05) is 6.07 Å². The number of aromatic nitrogens is 2. The largest absolute Gasteiger partial charge is 1.00 e. The van der Waals surface area contributed by atoms with E-state index in [-0.39, 0.29) is 39.4 Å². The van der Waals surface area contributed by atoms with E-state index in [4.69, 9.17) is 0 Å². The van der Waals surface area contributed by atoms with Crippen LogP contribution in [-0.2, 0) is 17.1 Å². The summed E-state index contributed by atoms with van der Waals surface area (Å²) in [6.45, 7) is 0. The summed E-state index contributed by atoms with van der Waals surface area (Å²) in [6, 6.07) is 7.89. The number of hydrogen-bond acceptors (Lipinski definition) is 3. The van der Waals surface area contributed by atoms with Crippen molar-refractivity contribution in [2.75, 3.05) is 0 Å². The Morgan fingerprint density at radius 1 is 0.944 bits per heavy atom. The van der Waals surface area contributed by atoms with Gasteiger partial charge in [-0.3, -0.25) is 9.97 Å². The van der Waals surface area contributed by atoms with Crippen molar-refractivity contribution < 1.29 is 30.2 Å². The van der Waals surface area contributed by atoms with Gasteiger partial charge in [0.2, 0.25) is 0 Å². The molecule has 98 valence electrons. The molecule has 2 aromatic rings. The molecule has 2 aromatic heterocycles. The predicted octanol–water partition coefficient (Wildman–Crippen LogP) is 3.75. The maximum absolute atomic E-state index is 12.4. The van der Waals surface area contributed by atoms with Crippen LogP contribution >= 0.6 is 11.8 Å². The van der Waals surface area contributed by atoms with Crippen LogP contribution < -0.4 is 0 Å². The molecule has 0 radical (unpaired) electrons. The number of hydrogen-bond donors (Lipinski definition) is 0. The quantitative estimate of drug-likeness (QED) is 0.623. The SMILES string of the molecule is FC(F)(F)Sc1cccnc1-c1ccccn1.[Cu+]. The Balaban J connectivity index is 0.00000162. The van der Waals surface area contributed by atoms with Gasteiger partial charge in [0, 0.05) is 17.3 Å². The first kappa shape index (κ1) is 15.0.